The third-order valence-corrected chi connectivity index (χ3v) is 3.97. The zero-order valence-corrected chi connectivity index (χ0v) is 14.5. The number of rotatable bonds is 3. The summed E-state index contributed by atoms with van der Waals surface area (Å²) in [6, 6.07) is 7.28. The van der Waals surface area contributed by atoms with Crippen molar-refractivity contribution >= 4 is 18.1 Å². The predicted octanol–water partition coefficient (Wildman–Crippen LogP) is 2.97. The minimum absolute atomic E-state index is 0.301. The number of hydrogen-bond acceptors (Lipinski definition) is 5. The smallest absolute Gasteiger partial charge is 0.436 e. The van der Waals surface area contributed by atoms with Crippen molar-refractivity contribution in [1.82, 2.24) is 10.0 Å². The van der Waals surface area contributed by atoms with E-state index in [9.17, 15) is 14.4 Å². The summed E-state index contributed by atoms with van der Waals surface area (Å²) in [6.07, 6.45) is -1.80. The molecule has 1 atom stereocenters. The van der Waals surface area contributed by atoms with Gasteiger partial charge in [0, 0.05) is 0 Å². The van der Waals surface area contributed by atoms with Crippen LogP contribution in [0.15, 0.2) is 24.3 Å². The summed E-state index contributed by atoms with van der Waals surface area (Å²) in [7, 11) is 1.20. The van der Waals surface area contributed by atoms with Crippen molar-refractivity contribution in [3.8, 4) is 0 Å². The van der Waals surface area contributed by atoms with E-state index in [1.165, 1.54) is 7.11 Å². The molecule has 1 aromatic carbocycles. The molecule has 7 nitrogen and oxygen atoms in total. The van der Waals surface area contributed by atoms with Crippen molar-refractivity contribution in [1.29, 1.82) is 0 Å². The third kappa shape index (κ3) is 2.60. The van der Waals surface area contributed by atoms with E-state index in [0.29, 0.717) is 17.0 Å². The highest BCUT2D eigenvalue weighted by Crippen LogP contribution is 2.44. The molecule has 0 N–H and O–H groups in total. The Morgan fingerprint density at radius 1 is 1.25 bits per heavy atom. The summed E-state index contributed by atoms with van der Waals surface area (Å²) >= 11 is 0. The van der Waals surface area contributed by atoms with Crippen LogP contribution in [-0.4, -0.2) is 41.3 Å². The molecule has 1 aromatic rings. The molecule has 1 aliphatic heterocycles. The fourth-order valence-electron chi connectivity index (χ4n) is 2.88. The van der Waals surface area contributed by atoms with E-state index in [4.69, 9.17) is 9.47 Å². The van der Waals surface area contributed by atoms with Gasteiger partial charge in [0.15, 0.2) is 5.54 Å². The monoisotopic (exact) mass is 334 g/mol. The molecule has 0 bridgehead atoms. The SMILES string of the molecule is CC[C@]1(c2cccc(C)c2)C(=O)N(C(=O)OC(C)C)N1C(=O)OC. The molecule has 24 heavy (non-hydrogen) atoms. The van der Waals surface area contributed by atoms with E-state index >= 15 is 0 Å². The topological polar surface area (TPSA) is 76.2 Å². The molecule has 1 heterocycles. The predicted molar refractivity (Wildman–Crippen MR) is 85.9 cm³/mol. The van der Waals surface area contributed by atoms with E-state index in [1.807, 2.05) is 19.1 Å². The van der Waals surface area contributed by atoms with Crippen molar-refractivity contribution in [3.05, 3.63) is 35.4 Å². The Balaban J connectivity index is 2.50. The van der Waals surface area contributed by atoms with Crippen molar-refractivity contribution in [2.75, 3.05) is 7.11 Å². The molecular formula is C17H22N2O5. The molecule has 0 saturated carbocycles. The number of hydrazine groups is 1. The van der Waals surface area contributed by atoms with Crippen molar-refractivity contribution < 1.29 is 23.9 Å². The van der Waals surface area contributed by atoms with Gasteiger partial charge in [0.05, 0.1) is 13.2 Å². The fourth-order valence-corrected chi connectivity index (χ4v) is 2.88. The lowest BCUT2D eigenvalue weighted by Crippen LogP contribution is -2.77. The van der Waals surface area contributed by atoms with Gasteiger partial charge in [-0.05, 0) is 32.8 Å². The summed E-state index contributed by atoms with van der Waals surface area (Å²) in [6.45, 7) is 7.00. The standard InChI is InChI=1S/C17H22N2O5/c1-6-17(13-9-7-8-12(4)10-13)14(20)18(15(21)24-11(2)3)19(17)16(22)23-5/h7-11H,6H2,1-5H3/t17-/m0/s1. The molecule has 7 heteroatoms. The summed E-state index contributed by atoms with van der Waals surface area (Å²) in [5.41, 5.74) is 0.310. The Labute approximate surface area is 141 Å². The molecule has 0 unspecified atom stereocenters. The van der Waals surface area contributed by atoms with Gasteiger partial charge in [-0.1, -0.05) is 36.8 Å². The first-order valence-electron chi connectivity index (χ1n) is 7.80. The first-order valence-corrected chi connectivity index (χ1v) is 7.80. The van der Waals surface area contributed by atoms with Gasteiger partial charge in [0.25, 0.3) is 5.91 Å². The number of benzene rings is 1. The average Bonchev–Trinajstić information content (AvgIpc) is 2.52. The van der Waals surface area contributed by atoms with E-state index in [1.54, 1.807) is 32.9 Å². The second-order valence-corrected chi connectivity index (χ2v) is 5.91. The van der Waals surface area contributed by atoms with E-state index < -0.39 is 29.7 Å². The Morgan fingerprint density at radius 2 is 1.92 bits per heavy atom. The number of aryl methyl sites for hydroxylation is 1. The maximum absolute atomic E-state index is 12.9. The molecule has 130 valence electrons. The third-order valence-electron chi connectivity index (χ3n) is 3.97. The average molecular weight is 334 g/mol. The van der Waals surface area contributed by atoms with Gasteiger partial charge in [-0.25, -0.2) is 9.59 Å². The van der Waals surface area contributed by atoms with E-state index in [-0.39, 0.29) is 0 Å². The molecule has 1 aliphatic rings. The van der Waals surface area contributed by atoms with Crippen molar-refractivity contribution in [3.63, 3.8) is 0 Å². The Morgan fingerprint density at radius 3 is 2.42 bits per heavy atom. The van der Waals surface area contributed by atoms with E-state index in [0.717, 1.165) is 10.6 Å². The highest BCUT2D eigenvalue weighted by atomic mass is 16.6. The van der Waals surface area contributed by atoms with Crippen molar-refractivity contribution in [2.45, 2.75) is 45.8 Å². The van der Waals surface area contributed by atoms with Crippen LogP contribution in [0.25, 0.3) is 0 Å². The zero-order chi connectivity index (χ0) is 18.1. The highest BCUT2D eigenvalue weighted by Gasteiger charge is 2.65. The summed E-state index contributed by atoms with van der Waals surface area (Å²) < 4.78 is 9.85. The summed E-state index contributed by atoms with van der Waals surface area (Å²) in [5.74, 6) is -0.508. The Bertz CT molecular complexity index is 673. The fraction of sp³-hybridized carbons (Fsp3) is 0.471. The Kier molecular flexibility index (Phi) is 4.82. The number of ether oxygens (including phenoxy) is 2. The Hall–Kier alpha value is -2.57. The van der Waals surface area contributed by atoms with Crippen LogP contribution in [0, 0.1) is 6.92 Å². The number of amides is 3. The van der Waals surface area contributed by atoms with Crippen LogP contribution in [0.2, 0.25) is 0 Å². The quantitative estimate of drug-likeness (QED) is 0.849. The summed E-state index contributed by atoms with van der Waals surface area (Å²) in [5, 5.41) is 1.74. The second-order valence-electron chi connectivity index (χ2n) is 5.91. The maximum atomic E-state index is 12.9. The van der Waals surface area contributed by atoms with Gasteiger partial charge in [0.1, 0.15) is 0 Å². The van der Waals surface area contributed by atoms with Gasteiger partial charge in [-0.2, -0.15) is 5.01 Å². The number of carbonyl (C=O) groups excluding carboxylic acids is 3. The number of hydrogen-bond donors (Lipinski definition) is 0. The van der Waals surface area contributed by atoms with Crippen LogP contribution in [-0.2, 0) is 19.8 Å². The lowest BCUT2D eigenvalue weighted by atomic mass is 9.81. The second kappa shape index (κ2) is 6.51. The lowest BCUT2D eigenvalue weighted by molar-refractivity contribution is -0.203. The molecule has 0 aromatic heterocycles. The minimum atomic E-state index is -1.27. The van der Waals surface area contributed by atoms with Crippen LogP contribution in [0.1, 0.15) is 38.3 Å². The highest BCUT2D eigenvalue weighted by molar-refractivity contribution is 6.06. The first-order chi connectivity index (χ1) is 11.3. The van der Waals surface area contributed by atoms with Gasteiger partial charge in [0.2, 0.25) is 0 Å². The largest absolute Gasteiger partial charge is 0.451 e. The van der Waals surface area contributed by atoms with Gasteiger partial charge in [-0.15, -0.1) is 5.01 Å². The molecular weight excluding hydrogens is 312 g/mol. The summed E-state index contributed by atoms with van der Waals surface area (Å²) in [4.78, 5) is 37.3. The van der Waals surface area contributed by atoms with Gasteiger partial charge in [-0.3, -0.25) is 4.79 Å². The zero-order valence-electron chi connectivity index (χ0n) is 14.5. The number of carbonyl (C=O) groups is 3. The van der Waals surface area contributed by atoms with Crippen LogP contribution in [0.4, 0.5) is 9.59 Å². The number of imide groups is 1. The van der Waals surface area contributed by atoms with Crippen LogP contribution in [0.3, 0.4) is 0 Å². The molecule has 3 amide bonds. The van der Waals surface area contributed by atoms with Crippen LogP contribution >= 0.6 is 0 Å². The maximum Gasteiger partial charge on any atom is 0.436 e. The molecule has 1 fully saturated rings. The van der Waals surface area contributed by atoms with Crippen molar-refractivity contribution in [2.24, 2.45) is 0 Å². The number of nitrogens with zero attached hydrogens (tertiary/aromatic N) is 2. The van der Waals surface area contributed by atoms with E-state index in [2.05, 4.69) is 0 Å². The molecule has 0 radical (unpaired) electrons. The molecule has 0 spiro atoms. The van der Waals surface area contributed by atoms with Crippen LogP contribution in [0.5, 0.6) is 0 Å². The van der Waals surface area contributed by atoms with Crippen LogP contribution < -0.4 is 0 Å². The normalized spacial score (nSPS) is 20.0. The molecule has 2 rings (SSSR count). The first kappa shape index (κ1) is 17.8. The lowest BCUT2D eigenvalue weighted by Gasteiger charge is -2.54. The minimum Gasteiger partial charge on any atom is -0.451 e. The van der Waals surface area contributed by atoms with Gasteiger partial charge >= 0.3 is 12.2 Å². The molecule has 1 saturated heterocycles. The van der Waals surface area contributed by atoms with Gasteiger partial charge < -0.3 is 9.47 Å². The molecule has 0 aliphatic carbocycles. The number of methoxy groups -OCH3 is 1.